The van der Waals surface area contributed by atoms with Crippen molar-refractivity contribution in [3.05, 3.63) is 54.0 Å². The van der Waals surface area contributed by atoms with Crippen molar-refractivity contribution in [2.24, 2.45) is 4.99 Å². The number of nitrogens with one attached hydrogen (secondary N) is 2. The Bertz CT molecular complexity index is 965. The normalized spacial score (nSPS) is 10.9. The Hall–Kier alpha value is -2.89. The molecule has 0 spiro atoms. The van der Waals surface area contributed by atoms with E-state index in [9.17, 15) is 0 Å². The molecule has 10 heteroatoms. The summed E-state index contributed by atoms with van der Waals surface area (Å²) in [6, 6.07) is 11.2. The summed E-state index contributed by atoms with van der Waals surface area (Å²) in [5.41, 5.74) is 1.63. The molecule has 1 aromatic carbocycles. The van der Waals surface area contributed by atoms with Gasteiger partial charge in [-0.1, -0.05) is 11.2 Å². The Morgan fingerprint density at radius 2 is 2.00 bits per heavy atom. The van der Waals surface area contributed by atoms with Gasteiger partial charge >= 0.3 is 0 Å². The maximum absolute atomic E-state index is 5.44. The van der Waals surface area contributed by atoms with Crippen molar-refractivity contribution in [3.8, 4) is 23.1 Å². The quantitative estimate of drug-likeness (QED) is 0.243. The Kier molecular flexibility index (Phi) is 10.0. The third-order valence-electron chi connectivity index (χ3n) is 4.24. The summed E-state index contributed by atoms with van der Waals surface area (Å²) in [6.07, 6.45) is 2.28. The van der Waals surface area contributed by atoms with Crippen LogP contribution in [0.4, 0.5) is 0 Å². The zero-order valence-corrected chi connectivity index (χ0v) is 20.1. The Morgan fingerprint density at radius 3 is 2.71 bits per heavy atom. The van der Waals surface area contributed by atoms with E-state index >= 15 is 0 Å². The van der Waals surface area contributed by atoms with E-state index in [-0.39, 0.29) is 24.0 Å². The summed E-state index contributed by atoms with van der Waals surface area (Å²) in [7, 11) is 3.26. The third kappa shape index (κ3) is 7.09. The van der Waals surface area contributed by atoms with E-state index in [1.807, 2.05) is 43.3 Å². The number of nitrogens with zero attached hydrogens (tertiary/aromatic N) is 4. The summed E-state index contributed by atoms with van der Waals surface area (Å²) in [5, 5.41) is 10.5. The molecule has 0 aliphatic rings. The number of methoxy groups -OCH3 is 2. The molecule has 0 saturated carbocycles. The molecule has 0 fully saturated rings. The van der Waals surface area contributed by atoms with Crippen LogP contribution in [0, 0.1) is 0 Å². The number of hydrogen-bond acceptors (Lipinski definition) is 7. The molecule has 0 radical (unpaired) electrons. The van der Waals surface area contributed by atoms with Crippen LogP contribution in [0.1, 0.15) is 18.3 Å². The van der Waals surface area contributed by atoms with E-state index < -0.39 is 0 Å². The summed E-state index contributed by atoms with van der Waals surface area (Å²) in [6.45, 7) is 3.84. The van der Waals surface area contributed by atoms with Gasteiger partial charge in [-0.2, -0.15) is 4.98 Å². The second-order valence-electron chi connectivity index (χ2n) is 6.28. The van der Waals surface area contributed by atoms with E-state index in [1.165, 1.54) is 0 Å². The van der Waals surface area contributed by atoms with E-state index in [0.717, 1.165) is 23.6 Å². The highest BCUT2D eigenvalue weighted by molar-refractivity contribution is 14.0. The lowest BCUT2D eigenvalue weighted by molar-refractivity contribution is 0.391. The highest BCUT2D eigenvalue weighted by Gasteiger charge is 2.10. The molecule has 0 bridgehead atoms. The fourth-order valence-electron chi connectivity index (χ4n) is 2.73. The molecular weight excluding hydrogens is 511 g/mol. The van der Waals surface area contributed by atoms with E-state index in [0.29, 0.717) is 42.9 Å². The highest BCUT2D eigenvalue weighted by Crippen LogP contribution is 2.25. The number of aliphatic imine (C=N–C) groups is 1. The predicted octanol–water partition coefficient (Wildman–Crippen LogP) is 3.06. The third-order valence-corrected chi connectivity index (χ3v) is 4.24. The molecule has 0 aliphatic carbocycles. The largest absolute Gasteiger partial charge is 0.497 e. The lowest BCUT2D eigenvalue weighted by Gasteiger charge is -2.12. The van der Waals surface area contributed by atoms with Crippen LogP contribution in [-0.2, 0) is 13.0 Å². The molecule has 0 aliphatic heterocycles. The van der Waals surface area contributed by atoms with E-state index in [4.69, 9.17) is 14.0 Å². The van der Waals surface area contributed by atoms with Gasteiger partial charge in [0.2, 0.25) is 0 Å². The van der Waals surface area contributed by atoms with Crippen LogP contribution in [-0.4, -0.2) is 48.4 Å². The molecule has 0 saturated heterocycles. The molecule has 2 heterocycles. The first-order valence-electron chi connectivity index (χ1n) is 9.70. The number of ether oxygens (including phenoxy) is 2. The molecule has 9 nitrogen and oxygen atoms in total. The number of hydrogen-bond donors (Lipinski definition) is 2. The van der Waals surface area contributed by atoms with E-state index in [1.54, 1.807) is 20.4 Å². The second kappa shape index (κ2) is 12.7. The fraction of sp³-hybridized carbons (Fsp3) is 0.333. The van der Waals surface area contributed by atoms with Crippen molar-refractivity contribution >= 4 is 29.9 Å². The van der Waals surface area contributed by atoms with Crippen LogP contribution < -0.4 is 20.1 Å². The topological polar surface area (TPSA) is 107 Å². The second-order valence-corrected chi connectivity index (χ2v) is 6.28. The van der Waals surface area contributed by atoms with Crippen LogP contribution in [0.3, 0.4) is 0 Å². The van der Waals surface area contributed by atoms with Gasteiger partial charge < -0.3 is 24.6 Å². The summed E-state index contributed by atoms with van der Waals surface area (Å²) in [5.74, 6) is 3.20. The van der Waals surface area contributed by atoms with Crippen LogP contribution in [0.2, 0.25) is 0 Å². The van der Waals surface area contributed by atoms with Gasteiger partial charge in [-0.25, -0.2) is 4.99 Å². The van der Waals surface area contributed by atoms with Crippen molar-refractivity contribution in [1.82, 2.24) is 25.8 Å². The van der Waals surface area contributed by atoms with Gasteiger partial charge in [-0.3, -0.25) is 4.98 Å². The van der Waals surface area contributed by atoms with Crippen molar-refractivity contribution < 1.29 is 14.0 Å². The molecule has 0 amide bonds. The molecule has 31 heavy (non-hydrogen) atoms. The molecule has 0 unspecified atom stereocenters. The zero-order valence-electron chi connectivity index (χ0n) is 17.8. The molecule has 3 rings (SSSR count). The molecule has 2 aromatic heterocycles. The van der Waals surface area contributed by atoms with Gasteiger partial charge in [0, 0.05) is 37.3 Å². The Labute approximate surface area is 198 Å². The van der Waals surface area contributed by atoms with Crippen molar-refractivity contribution in [3.63, 3.8) is 0 Å². The van der Waals surface area contributed by atoms with Crippen molar-refractivity contribution in [2.45, 2.75) is 19.9 Å². The minimum atomic E-state index is 0. The van der Waals surface area contributed by atoms with E-state index in [2.05, 4.69) is 30.8 Å². The van der Waals surface area contributed by atoms with Crippen LogP contribution >= 0.6 is 24.0 Å². The summed E-state index contributed by atoms with van der Waals surface area (Å²) in [4.78, 5) is 13.2. The maximum Gasteiger partial charge on any atom is 0.276 e. The minimum absolute atomic E-state index is 0. The monoisotopic (exact) mass is 538 g/mol. The van der Waals surface area contributed by atoms with Crippen LogP contribution in [0.25, 0.3) is 11.6 Å². The number of aromatic nitrogens is 3. The van der Waals surface area contributed by atoms with Gasteiger partial charge in [0.25, 0.3) is 5.89 Å². The summed E-state index contributed by atoms with van der Waals surface area (Å²) < 4.78 is 16.0. The average molecular weight is 538 g/mol. The SMILES string of the molecule is CCNC(=NCc1ccc(OC)cc1OC)NCCc1noc(-c2ccccn2)n1.I. The summed E-state index contributed by atoms with van der Waals surface area (Å²) >= 11 is 0. The number of halogens is 1. The highest BCUT2D eigenvalue weighted by atomic mass is 127. The van der Waals surface area contributed by atoms with Crippen molar-refractivity contribution in [2.75, 3.05) is 27.3 Å². The average Bonchev–Trinajstić information content (AvgIpc) is 3.27. The Morgan fingerprint density at radius 1 is 1.13 bits per heavy atom. The zero-order chi connectivity index (χ0) is 21.2. The Balaban J connectivity index is 0.00000341. The number of rotatable bonds is 9. The lowest BCUT2D eigenvalue weighted by atomic mass is 10.2. The molecule has 2 N–H and O–H groups in total. The van der Waals surface area contributed by atoms with Gasteiger partial charge in [-0.15, -0.1) is 24.0 Å². The van der Waals surface area contributed by atoms with Gasteiger partial charge in [0.05, 0.1) is 20.8 Å². The first-order valence-corrected chi connectivity index (χ1v) is 9.70. The first-order chi connectivity index (χ1) is 14.7. The van der Waals surface area contributed by atoms with Gasteiger partial charge in [0.1, 0.15) is 17.2 Å². The fourth-order valence-corrected chi connectivity index (χ4v) is 2.73. The van der Waals surface area contributed by atoms with Crippen LogP contribution in [0.15, 0.2) is 52.1 Å². The molecular formula is C21H27IN6O3. The maximum atomic E-state index is 5.44. The van der Waals surface area contributed by atoms with Gasteiger partial charge in [-0.05, 0) is 31.2 Å². The molecule has 3 aromatic rings. The standard InChI is InChI=1S/C21H26N6O3.HI/c1-4-22-21(25-14-15-8-9-16(28-2)13-18(15)29-3)24-12-10-19-26-20(30-27-19)17-7-5-6-11-23-17;/h5-9,11,13H,4,10,12,14H2,1-3H3,(H2,22,24,25);1H. The molecule has 166 valence electrons. The lowest BCUT2D eigenvalue weighted by Crippen LogP contribution is -2.38. The number of pyridine rings is 1. The minimum Gasteiger partial charge on any atom is -0.497 e. The predicted molar refractivity (Wildman–Crippen MR) is 129 cm³/mol. The first kappa shape index (κ1) is 24.4. The number of guanidine groups is 1. The number of benzene rings is 1. The molecule has 0 atom stereocenters. The van der Waals surface area contributed by atoms with Crippen LogP contribution in [0.5, 0.6) is 11.5 Å². The van der Waals surface area contributed by atoms with Crippen molar-refractivity contribution in [1.29, 1.82) is 0 Å². The van der Waals surface area contributed by atoms with Gasteiger partial charge in [0.15, 0.2) is 11.8 Å². The smallest absolute Gasteiger partial charge is 0.276 e.